The zero-order valence-electron chi connectivity index (χ0n) is 13.9. The molecule has 4 aromatic rings. The van der Waals surface area contributed by atoms with Crippen molar-refractivity contribution in [2.24, 2.45) is 11.7 Å². The molecule has 0 aliphatic heterocycles. The minimum atomic E-state index is 0.298. The van der Waals surface area contributed by atoms with E-state index in [-0.39, 0.29) is 0 Å². The molecule has 132 valence electrons. The zero-order chi connectivity index (χ0) is 17.9. The van der Waals surface area contributed by atoms with E-state index >= 15 is 0 Å². The molecule has 0 fully saturated rings. The molecule has 1 aromatic carbocycles. The molecule has 10 heteroatoms. The first-order chi connectivity index (χ1) is 12.7. The second-order valence-electron chi connectivity index (χ2n) is 5.72. The Morgan fingerprint density at radius 3 is 2.96 bits per heavy atom. The van der Waals surface area contributed by atoms with Crippen molar-refractivity contribution in [1.29, 1.82) is 0 Å². The van der Waals surface area contributed by atoms with Crippen molar-refractivity contribution < 1.29 is 4.74 Å². The molecule has 0 spiro atoms. The lowest BCUT2D eigenvalue weighted by atomic mass is 10.1. The normalized spacial score (nSPS) is 11.5. The summed E-state index contributed by atoms with van der Waals surface area (Å²) in [5.41, 5.74) is 3.02. The summed E-state index contributed by atoms with van der Waals surface area (Å²) in [4.78, 5) is 13.0. The number of pyridine rings is 1. The van der Waals surface area contributed by atoms with Crippen LogP contribution < -0.4 is 16.4 Å². The molecule has 10 nitrogen and oxygen atoms in total. The Kier molecular flexibility index (Phi) is 4.35. The van der Waals surface area contributed by atoms with E-state index in [1.165, 1.54) is 6.20 Å². The van der Waals surface area contributed by atoms with Crippen LogP contribution in [0.25, 0.3) is 22.2 Å². The summed E-state index contributed by atoms with van der Waals surface area (Å²) in [6.45, 7) is 1.17. The molecule has 0 saturated carbocycles. The summed E-state index contributed by atoms with van der Waals surface area (Å²) in [5, 5.41) is 10.3. The summed E-state index contributed by atoms with van der Waals surface area (Å²) < 4.78 is 7.19. The lowest BCUT2D eigenvalue weighted by Crippen LogP contribution is -2.40. The number of hydrogen-bond donors (Lipinski definition) is 2. The van der Waals surface area contributed by atoms with Gasteiger partial charge in [0.15, 0.2) is 0 Å². The molecule has 4 rings (SSSR count). The van der Waals surface area contributed by atoms with Gasteiger partial charge in [-0.3, -0.25) is 16.7 Å². The number of rotatable bonds is 6. The molecule has 0 atom stereocenters. The van der Waals surface area contributed by atoms with Gasteiger partial charge in [0, 0.05) is 11.6 Å². The van der Waals surface area contributed by atoms with Crippen LogP contribution in [0.1, 0.15) is 5.56 Å². The number of nitrogens with zero attached hydrogens (tertiary/aromatic N) is 7. The third kappa shape index (κ3) is 3.42. The largest absolute Gasteiger partial charge is 0.475 e. The molecule has 3 aromatic heterocycles. The number of benzene rings is 1. The number of ether oxygens (including phenoxy) is 1. The van der Waals surface area contributed by atoms with Crippen molar-refractivity contribution >= 4 is 22.2 Å². The minimum Gasteiger partial charge on any atom is -0.475 e. The van der Waals surface area contributed by atoms with Gasteiger partial charge in [-0.15, -0.1) is 5.10 Å². The van der Waals surface area contributed by atoms with E-state index in [9.17, 15) is 0 Å². The molecule has 0 aliphatic carbocycles. The van der Waals surface area contributed by atoms with E-state index < -0.39 is 0 Å². The molecule has 0 saturated heterocycles. The van der Waals surface area contributed by atoms with Gasteiger partial charge in [0.1, 0.15) is 6.61 Å². The third-order valence-corrected chi connectivity index (χ3v) is 3.80. The van der Waals surface area contributed by atoms with Gasteiger partial charge in [0.05, 0.1) is 24.8 Å². The Hall–Kier alpha value is -3.21. The summed E-state index contributed by atoms with van der Waals surface area (Å²) in [7, 11) is 0. The van der Waals surface area contributed by atoms with Crippen molar-refractivity contribution in [3.8, 4) is 5.88 Å². The number of aromatic nitrogens is 6. The zero-order valence-corrected chi connectivity index (χ0v) is 13.9. The molecular formula is C16H17N9O. The number of hydrazine groups is 2. The maximum Gasteiger partial charge on any atom is 0.234 e. The van der Waals surface area contributed by atoms with Crippen LogP contribution in [0.4, 0.5) is 0 Å². The fourth-order valence-corrected chi connectivity index (χ4v) is 2.57. The number of fused-ring (bicyclic) bond motifs is 2. The number of nitrogens with two attached hydrogens (primary N) is 2. The van der Waals surface area contributed by atoms with Crippen molar-refractivity contribution in [3.63, 3.8) is 0 Å². The molecule has 0 amide bonds. The molecular weight excluding hydrogens is 334 g/mol. The molecule has 3 heterocycles. The topological polar surface area (TPSA) is 134 Å². The van der Waals surface area contributed by atoms with Gasteiger partial charge in [-0.2, -0.15) is 10.1 Å². The van der Waals surface area contributed by atoms with Crippen LogP contribution in [0, 0.1) is 0 Å². The average molecular weight is 351 g/mol. The Labute approximate surface area is 148 Å². The third-order valence-electron chi connectivity index (χ3n) is 3.80. The van der Waals surface area contributed by atoms with E-state index in [2.05, 4.69) is 31.3 Å². The van der Waals surface area contributed by atoms with Crippen LogP contribution in [0.2, 0.25) is 0 Å². The smallest absolute Gasteiger partial charge is 0.234 e. The van der Waals surface area contributed by atoms with Crippen LogP contribution in [-0.4, -0.2) is 48.2 Å². The van der Waals surface area contributed by atoms with Crippen molar-refractivity contribution in [2.45, 2.75) is 6.54 Å². The Balaban J connectivity index is 1.58. The molecule has 0 bridgehead atoms. The second kappa shape index (κ2) is 6.96. The van der Waals surface area contributed by atoms with Crippen LogP contribution in [0.5, 0.6) is 5.88 Å². The van der Waals surface area contributed by atoms with Gasteiger partial charge < -0.3 is 4.74 Å². The van der Waals surface area contributed by atoms with Crippen molar-refractivity contribution in [2.75, 3.05) is 13.2 Å². The van der Waals surface area contributed by atoms with Crippen molar-refractivity contribution in [1.82, 2.24) is 35.1 Å². The molecule has 4 N–H and O–H groups in total. The Bertz CT molecular complexity index is 1050. The quantitative estimate of drug-likeness (QED) is 0.370. The highest BCUT2D eigenvalue weighted by molar-refractivity contribution is 5.79. The summed E-state index contributed by atoms with van der Waals surface area (Å²) in [5.74, 6) is 11.1. The van der Waals surface area contributed by atoms with Gasteiger partial charge in [0.2, 0.25) is 17.2 Å². The fourth-order valence-electron chi connectivity index (χ4n) is 2.57. The lowest BCUT2D eigenvalue weighted by molar-refractivity contribution is 0.211. The first-order valence-corrected chi connectivity index (χ1v) is 7.99. The van der Waals surface area contributed by atoms with Crippen LogP contribution in [0.15, 0.2) is 42.7 Å². The maximum atomic E-state index is 5.50. The van der Waals surface area contributed by atoms with E-state index in [4.69, 9.17) is 16.4 Å². The fraction of sp³-hybridized carbons (Fsp3) is 0.188. The minimum absolute atomic E-state index is 0.298. The first-order valence-electron chi connectivity index (χ1n) is 7.99. The van der Waals surface area contributed by atoms with Gasteiger partial charge in [0.25, 0.3) is 0 Å². The van der Waals surface area contributed by atoms with Gasteiger partial charge in [-0.1, -0.05) is 17.3 Å². The molecule has 0 radical (unpaired) electrons. The average Bonchev–Trinajstić information content (AvgIpc) is 3.03. The monoisotopic (exact) mass is 351 g/mol. The standard InChI is InChI=1S/C16H17N9O/c17-25(18)6-7-26-14-9-20-15-16(21-14)24(23-22-15)10-11-3-4-13-12(8-11)2-1-5-19-13/h1-5,8-9H,6-7,10,17-18H2. The molecule has 0 unspecified atom stereocenters. The highest BCUT2D eigenvalue weighted by Crippen LogP contribution is 2.16. The van der Waals surface area contributed by atoms with Crippen LogP contribution in [-0.2, 0) is 6.54 Å². The van der Waals surface area contributed by atoms with E-state index in [1.54, 1.807) is 10.9 Å². The Morgan fingerprint density at radius 2 is 2.08 bits per heavy atom. The summed E-state index contributed by atoms with van der Waals surface area (Å²) in [6.07, 6.45) is 3.28. The summed E-state index contributed by atoms with van der Waals surface area (Å²) >= 11 is 0. The first kappa shape index (κ1) is 16.3. The van der Waals surface area contributed by atoms with Crippen molar-refractivity contribution in [3.05, 3.63) is 48.3 Å². The van der Waals surface area contributed by atoms with Gasteiger partial charge in [-0.05, 0) is 23.8 Å². The summed E-state index contributed by atoms with van der Waals surface area (Å²) in [6, 6.07) is 9.99. The molecule has 26 heavy (non-hydrogen) atoms. The predicted octanol–water partition coefficient (Wildman–Crippen LogP) is 0.246. The Morgan fingerprint density at radius 1 is 1.15 bits per heavy atom. The van der Waals surface area contributed by atoms with Gasteiger partial charge in [-0.25, -0.2) is 9.67 Å². The maximum absolute atomic E-state index is 5.50. The van der Waals surface area contributed by atoms with E-state index in [0.717, 1.165) is 21.6 Å². The van der Waals surface area contributed by atoms with Gasteiger partial charge >= 0.3 is 0 Å². The van der Waals surface area contributed by atoms with E-state index in [1.807, 2.05) is 24.3 Å². The highest BCUT2D eigenvalue weighted by Gasteiger charge is 2.10. The van der Waals surface area contributed by atoms with Crippen LogP contribution >= 0.6 is 0 Å². The lowest BCUT2D eigenvalue weighted by Gasteiger charge is -2.09. The van der Waals surface area contributed by atoms with Crippen LogP contribution in [0.3, 0.4) is 0 Å². The molecule has 0 aliphatic rings. The highest BCUT2D eigenvalue weighted by atomic mass is 16.5. The van der Waals surface area contributed by atoms with E-state index in [0.29, 0.717) is 36.9 Å². The number of hydrogen-bond acceptors (Lipinski definition) is 9. The predicted molar refractivity (Wildman–Crippen MR) is 94.5 cm³/mol. The second-order valence-corrected chi connectivity index (χ2v) is 5.72. The SMILES string of the molecule is NN(N)CCOc1cnc2nnn(Cc3ccc4ncccc4c3)c2n1.